The Kier molecular flexibility index (Phi) is 4.58. The molecule has 78 valence electrons. The first-order chi connectivity index (χ1) is 6.63. The smallest absolute Gasteiger partial charge is 0.0704 e. The summed E-state index contributed by atoms with van der Waals surface area (Å²) in [6.45, 7) is 2.69. The van der Waals surface area contributed by atoms with Crippen molar-refractivity contribution >= 4 is 15.9 Å². The highest BCUT2D eigenvalue weighted by Gasteiger charge is 2.04. The molecule has 2 nitrogen and oxygen atoms in total. The second-order valence-electron chi connectivity index (χ2n) is 3.50. The predicted octanol–water partition coefficient (Wildman–Crippen LogP) is 1.88. The molecule has 0 aromatic heterocycles. The van der Waals surface area contributed by atoms with Crippen LogP contribution in [0.4, 0.5) is 0 Å². The molecule has 0 saturated heterocycles. The van der Waals surface area contributed by atoms with Crippen LogP contribution >= 0.6 is 15.9 Å². The van der Waals surface area contributed by atoms with E-state index in [1.807, 2.05) is 19.2 Å². The molecule has 0 amide bonds. The van der Waals surface area contributed by atoms with Crippen LogP contribution in [0.2, 0.25) is 0 Å². The van der Waals surface area contributed by atoms with Crippen LogP contribution in [0.25, 0.3) is 0 Å². The fraction of sp³-hybridized carbons (Fsp3) is 0.455. The highest BCUT2D eigenvalue weighted by Crippen LogP contribution is 2.17. The minimum absolute atomic E-state index is 0.305. The van der Waals surface area contributed by atoms with Crippen LogP contribution in [-0.4, -0.2) is 24.8 Å². The van der Waals surface area contributed by atoms with Gasteiger partial charge < -0.3 is 10.4 Å². The van der Waals surface area contributed by atoms with Gasteiger partial charge in [-0.05, 0) is 37.6 Å². The summed E-state index contributed by atoms with van der Waals surface area (Å²) in [6, 6.07) is 6.16. The number of rotatable bonds is 4. The van der Waals surface area contributed by atoms with Crippen molar-refractivity contribution < 1.29 is 5.11 Å². The van der Waals surface area contributed by atoms with Gasteiger partial charge in [-0.15, -0.1) is 0 Å². The van der Waals surface area contributed by atoms with E-state index >= 15 is 0 Å². The summed E-state index contributed by atoms with van der Waals surface area (Å²) in [5.41, 5.74) is 2.38. The van der Waals surface area contributed by atoms with E-state index in [4.69, 9.17) is 0 Å². The molecular weight excluding hydrogens is 242 g/mol. The maximum Gasteiger partial charge on any atom is 0.0704 e. The number of aryl methyl sites for hydroxylation is 1. The van der Waals surface area contributed by atoms with Crippen molar-refractivity contribution in [2.24, 2.45) is 0 Å². The first-order valence-corrected chi connectivity index (χ1v) is 5.50. The maximum atomic E-state index is 9.59. The molecule has 0 fully saturated rings. The van der Waals surface area contributed by atoms with E-state index in [-0.39, 0.29) is 6.10 Å². The van der Waals surface area contributed by atoms with Crippen molar-refractivity contribution in [3.63, 3.8) is 0 Å². The van der Waals surface area contributed by atoms with Gasteiger partial charge >= 0.3 is 0 Å². The van der Waals surface area contributed by atoms with Crippen molar-refractivity contribution in [3.8, 4) is 0 Å². The van der Waals surface area contributed by atoms with Gasteiger partial charge in [0.25, 0.3) is 0 Å². The summed E-state index contributed by atoms with van der Waals surface area (Å²) in [7, 11) is 1.84. The zero-order valence-corrected chi connectivity index (χ0v) is 10.1. The molecule has 0 heterocycles. The molecule has 0 aliphatic carbocycles. The number of aliphatic hydroxyl groups is 1. The van der Waals surface area contributed by atoms with Crippen molar-refractivity contribution in [1.82, 2.24) is 5.32 Å². The molecule has 14 heavy (non-hydrogen) atoms. The quantitative estimate of drug-likeness (QED) is 0.864. The van der Waals surface area contributed by atoms with E-state index in [0.29, 0.717) is 13.0 Å². The minimum Gasteiger partial charge on any atom is -0.391 e. The molecule has 3 heteroatoms. The summed E-state index contributed by atoms with van der Waals surface area (Å²) >= 11 is 3.45. The van der Waals surface area contributed by atoms with Gasteiger partial charge in [0, 0.05) is 11.0 Å². The van der Waals surface area contributed by atoms with Gasteiger partial charge in [0.05, 0.1) is 6.10 Å². The Hall–Kier alpha value is -0.380. The van der Waals surface area contributed by atoms with E-state index < -0.39 is 0 Å². The molecule has 0 radical (unpaired) electrons. The molecule has 0 bridgehead atoms. The molecule has 0 spiro atoms. The molecule has 1 aromatic rings. The largest absolute Gasteiger partial charge is 0.391 e. The Morgan fingerprint density at radius 1 is 1.50 bits per heavy atom. The third kappa shape index (κ3) is 3.40. The molecule has 0 aliphatic heterocycles. The van der Waals surface area contributed by atoms with Crippen LogP contribution in [0.1, 0.15) is 11.1 Å². The number of nitrogens with one attached hydrogen (secondary N) is 1. The highest BCUT2D eigenvalue weighted by atomic mass is 79.9. The van der Waals surface area contributed by atoms with Crippen molar-refractivity contribution in [1.29, 1.82) is 0 Å². The van der Waals surface area contributed by atoms with Crippen LogP contribution < -0.4 is 5.32 Å². The first kappa shape index (κ1) is 11.7. The topological polar surface area (TPSA) is 32.3 Å². The van der Waals surface area contributed by atoms with Gasteiger partial charge in [0.1, 0.15) is 0 Å². The Morgan fingerprint density at radius 3 is 2.79 bits per heavy atom. The number of hydrogen-bond acceptors (Lipinski definition) is 2. The average molecular weight is 258 g/mol. The van der Waals surface area contributed by atoms with E-state index in [0.717, 1.165) is 4.47 Å². The number of halogens is 1. The van der Waals surface area contributed by atoms with Gasteiger partial charge in [-0.2, -0.15) is 0 Å². The summed E-state index contributed by atoms with van der Waals surface area (Å²) in [4.78, 5) is 0. The van der Waals surface area contributed by atoms with Crippen molar-refractivity contribution in [3.05, 3.63) is 33.8 Å². The maximum absolute atomic E-state index is 9.59. The number of likely N-dealkylation sites (N-methyl/N-ethyl adjacent to an activating group) is 1. The Balaban J connectivity index is 2.63. The highest BCUT2D eigenvalue weighted by molar-refractivity contribution is 9.10. The van der Waals surface area contributed by atoms with Gasteiger partial charge in [-0.3, -0.25) is 0 Å². The van der Waals surface area contributed by atoms with Crippen LogP contribution in [-0.2, 0) is 6.42 Å². The second-order valence-corrected chi connectivity index (χ2v) is 4.35. The monoisotopic (exact) mass is 257 g/mol. The standard InChI is InChI=1S/C11H16BrNO/c1-8-5-9(3-4-11(8)12)6-10(14)7-13-2/h3-5,10,13-14H,6-7H2,1-2H3. The van der Waals surface area contributed by atoms with Crippen LogP contribution in [0.3, 0.4) is 0 Å². The lowest BCUT2D eigenvalue weighted by molar-refractivity contribution is 0.175. The lowest BCUT2D eigenvalue weighted by Gasteiger charge is -2.10. The first-order valence-electron chi connectivity index (χ1n) is 4.71. The number of aliphatic hydroxyl groups excluding tert-OH is 1. The predicted molar refractivity (Wildman–Crippen MR) is 62.5 cm³/mol. The van der Waals surface area contributed by atoms with E-state index in [2.05, 4.69) is 34.2 Å². The number of benzene rings is 1. The molecule has 2 N–H and O–H groups in total. The minimum atomic E-state index is -0.305. The van der Waals surface area contributed by atoms with E-state index in [1.54, 1.807) is 0 Å². The fourth-order valence-corrected chi connectivity index (χ4v) is 1.66. The Labute approximate surface area is 93.5 Å². The average Bonchev–Trinajstić information content (AvgIpc) is 2.12. The summed E-state index contributed by atoms with van der Waals surface area (Å²) < 4.78 is 1.12. The molecule has 1 aromatic carbocycles. The molecule has 1 atom stereocenters. The Bertz CT molecular complexity index is 301. The SMILES string of the molecule is CNCC(O)Cc1ccc(Br)c(C)c1. The van der Waals surface area contributed by atoms with Crippen molar-refractivity contribution in [2.75, 3.05) is 13.6 Å². The summed E-state index contributed by atoms with van der Waals surface area (Å²) in [6.07, 6.45) is 0.398. The lowest BCUT2D eigenvalue weighted by Crippen LogP contribution is -2.25. The summed E-state index contributed by atoms with van der Waals surface area (Å²) in [5.74, 6) is 0. The zero-order chi connectivity index (χ0) is 10.6. The van der Waals surface area contributed by atoms with Crippen LogP contribution in [0.5, 0.6) is 0 Å². The van der Waals surface area contributed by atoms with Crippen LogP contribution in [0, 0.1) is 6.92 Å². The second kappa shape index (κ2) is 5.49. The molecule has 0 aliphatic rings. The molecule has 1 unspecified atom stereocenters. The van der Waals surface area contributed by atoms with Gasteiger partial charge in [0.2, 0.25) is 0 Å². The summed E-state index contributed by atoms with van der Waals surface area (Å²) in [5, 5.41) is 12.5. The van der Waals surface area contributed by atoms with Gasteiger partial charge in [-0.25, -0.2) is 0 Å². The van der Waals surface area contributed by atoms with Crippen molar-refractivity contribution in [2.45, 2.75) is 19.4 Å². The Morgan fingerprint density at radius 2 is 2.21 bits per heavy atom. The van der Waals surface area contributed by atoms with E-state index in [1.165, 1.54) is 11.1 Å². The van der Waals surface area contributed by atoms with Gasteiger partial charge in [-0.1, -0.05) is 28.1 Å². The number of hydrogen-bond donors (Lipinski definition) is 2. The molecular formula is C11H16BrNO. The van der Waals surface area contributed by atoms with E-state index in [9.17, 15) is 5.11 Å². The lowest BCUT2D eigenvalue weighted by atomic mass is 10.1. The van der Waals surface area contributed by atoms with Gasteiger partial charge in [0.15, 0.2) is 0 Å². The molecule has 1 rings (SSSR count). The normalized spacial score (nSPS) is 12.9. The van der Waals surface area contributed by atoms with Crippen LogP contribution in [0.15, 0.2) is 22.7 Å². The fourth-order valence-electron chi connectivity index (χ4n) is 1.41. The molecule has 0 saturated carbocycles. The zero-order valence-electron chi connectivity index (χ0n) is 8.55. The third-order valence-corrected chi connectivity index (χ3v) is 3.02. The third-order valence-electron chi connectivity index (χ3n) is 2.13.